The molecule has 0 aliphatic carbocycles. The van der Waals surface area contributed by atoms with Gasteiger partial charge >= 0.3 is 5.97 Å². The van der Waals surface area contributed by atoms with E-state index in [1.54, 1.807) is 12.1 Å². The predicted molar refractivity (Wildman–Crippen MR) is 70.6 cm³/mol. The van der Waals surface area contributed by atoms with E-state index in [9.17, 15) is 4.79 Å². The summed E-state index contributed by atoms with van der Waals surface area (Å²) in [4.78, 5) is 13.5. The van der Waals surface area contributed by atoms with E-state index in [1.165, 1.54) is 4.90 Å². The molecule has 1 unspecified atom stereocenters. The smallest absolute Gasteiger partial charge is 0.338 e. The Morgan fingerprint density at radius 2 is 1.94 bits per heavy atom. The number of carbonyl (C=O) groups excluding carboxylic acids is 1. The van der Waals surface area contributed by atoms with Gasteiger partial charge in [-0.2, -0.15) is 0 Å². The number of likely N-dealkylation sites (tertiary alicyclic amines) is 1. The van der Waals surface area contributed by atoms with Gasteiger partial charge in [0.15, 0.2) is 0 Å². The maximum Gasteiger partial charge on any atom is 0.338 e. The monoisotopic (exact) mass is 248 g/mol. The number of carbonyl (C=O) groups is 1. The van der Waals surface area contributed by atoms with E-state index in [1.807, 2.05) is 18.2 Å². The number of ether oxygens (including phenoxy) is 1. The van der Waals surface area contributed by atoms with Gasteiger partial charge in [-0.05, 0) is 19.1 Å². The van der Waals surface area contributed by atoms with Crippen LogP contribution in [0.25, 0.3) is 0 Å². The fourth-order valence-electron chi connectivity index (χ4n) is 2.57. The average Bonchev–Trinajstić information content (AvgIpc) is 2.37. The van der Waals surface area contributed by atoms with E-state index in [4.69, 9.17) is 4.74 Å². The number of esters is 1. The van der Waals surface area contributed by atoms with Crippen LogP contribution in [0.5, 0.6) is 0 Å². The largest absolute Gasteiger partial charge is 0.458 e. The third-order valence-corrected chi connectivity index (χ3v) is 3.97. The maximum absolute atomic E-state index is 12.0. The molecule has 98 valence electrons. The Hall–Kier alpha value is -1.35. The molecule has 1 heterocycles. The van der Waals surface area contributed by atoms with Crippen LogP contribution in [-0.4, -0.2) is 31.7 Å². The van der Waals surface area contributed by atoms with Crippen LogP contribution >= 0.6 is 0 Å². The second-order valence-corrected chi connectivity index (χ2v) is 5.47. The van der Waals surface area contributed by atoms with E-state index in [-0.39, 0.29) is 12.1 Å². The summed E-state index contributed by atoms with van der Waals surface area (Å²) in [5.41, 5.74) is 0.642. The van der Waals surface area contributed by atoms with Crippen molar-refractivity contribution in [2.24, 2.45) is 5.92 Å². The maximum atomic E-state index is 12.0. The number of benzene rings is 1. The molecule has 4 atom stereocenters. The first kappa shape index (κ1) is 13.1. The van der Waals surface area contributed by atoms with Gasteiger partial charge in [-0.25, -0.2) is 4.79 Å². The predicted octanol–water partition coefficient (Wildman–Crippen LogP) is 1.16. The van der Waals surface area contributed by atoms with Crippen LogP contribution < -0.4 is 4.90 Å². The lowest BCUT2D eigenvalue weighted by Crippen LogP contribution is -3.14. The Morgan fingerprint density at radius 3 is 2.61 bits per heavy atom. The van der Waals surface area contributed by atoms with Crippen molar-refractivity contribution < 1.29 is 14.4 Å². The zero-order chi connectivity index (χ0) is 13.1. The average molecular weight is 248 g/mol. The Bertz CT molecular complexity index is 404. The number of quaternary nitrogens is 1. The van der Waals surface area contributed by atoms with Crippen LogP contribution in [0.1, 0.15) is 30.6 Å². The molecule has 1 aromatic carbocycles. The molecule has 0 saturated carbocycles. The van der Waals surface area contributed by atoms with Crippen molar-refractivity contribution in [2.75, 3.05) is 13.6 Å². The zero-order valence-electron chi connectivity index (χ0n) is 11.3. The summed E-state index contributed by atoms with van der Waals surface area (Å²) in [6, 6.07) is 9.78. The van der Waals surface area contributed by atoms with Crippen molar-refractivity contribution in [3.05, 3.63) is 35.9 Å². The Labute approximate surface area is 109 Å². The Morgan fingerprint density at radius 1 is 1.28 bits per heavy atom. The van der Waals surface area contributed by atoms with Crippen molar-refractivity contribution in [3.63, 3.8) is 0 Å². The topological polar surface area (TPSA) is 30.7 Å². The first-order chi connectivity index (χ1) is 8.58. The molecule has 1 saturated heterocycles. The molecule has 3 heteroatoms. The molecule has 3 nitrogen and oxygen atoms in total. The third-order valence-electron chi connectivity index (χ3n) is 3.97. The van der Waals surface area contributed by atoms with Crippen molar-refractivity contribution in [1.29, 1.82) is 0 Å². The number of hydrogen-bond donors (Lipinski definition) is 1. The van der Waals surface area contributed by atoms with E-state index in [0.717, 1.165) is 13.0 Å². The summed E-state index contributed by atoms with van der Waals surface area (Å²) in [7, 11) is 2.20. The minimum absolute atomic E-state index is 0.0522. The lowest BCUT2D eigenvalue weighted by atomic mass is 9.92. The molecular weight excluding hydrogens is 226 g/mol. The quantitative estimate of drug-likeness (QED) is 0.796. The molecule has 0 aromatic heterocycles. The number of nitrogens with one attached hydrogen (secondary N) is 1. The van der Waals surface area contributed by atoms with Gasteiger partial charge in [0.05, 0.1) is 25.2 Å². The molecule has 0 bridgehead atoms. The number of piperidine rings is 1. The van der Waals surface area contributed by atoms with E-state index in [0.29, 0.717) is 17.5 Å². The van der Waals surface area contributed by atoms with Crippen LogP contribution in [-0.2, 0) is 4.74 Å². The van der Waals surface area contributed by atoms with Crippen molar-refractivity contribution in [2.45, 2.75) is 32.4 Å². The summed E-state index contributed by atoms with van der Waals surface area (Å²) in [6.07, 6.45) is 1.00. The van der Waals surface area contributed by atoms with Crippen molar-refractivity contribution >= 4 is 5.97 Å². The highest BCUT2D eigenvalue weighted by Gasteiger charge is 2.34. The highest BCUT2D eigenvalue weighted by atomic mass is 16.5. The molecule has 1 aromatic rings. The van der Waals surface area contributed by atoms with Crippen LogP contribution in [0.3, 0.4) is 0 Å². The molecule has 0 spiro atoms. The molecule has 1 aliphatic heterocycles. The second-order valence-electron chi connectivity index (χ2n) is 5.47. The lowest BCUT2D eigenvalue weighted by molar-refractivity contribution is -0.914. The van der Waals surface area contributed by atoms with Crippen molar-refractivity contribution in [1.82, 2.24) is 0 Å². The van der Waals surface area contributed by atoms with Gasteiger partial charge in [0, 0.05) is 12.3 Å². The number of rotatable bonds is 2. The number of hydrogen-bond acceptors (Lipinski definition) is 2. The van der Waals surface area contributed by atoms with Gasteiger partial charge in [0.1, 0.15) is 6.10 Å². The minimum atomic E-state index is -0.195. The summed E-state index contributed by atoms with van der Waals surface area (Å²) in [5, 5.41) is 0. The van der Waals surface area contributed by atoms with E-state index < -0.39 is 0 Å². The summed E-state index contributed by atoms with van der Waals surface area (Å²) in [6.45, 7) is 5.44. The molecular formula is C15H22NO2+. The van der Waals surface area contributed by atoms with Gasteiger partial charge in [-0.15, -0.1) is 0 Å². The second kappa shape index (κ2) is 5.53. The van der Waals surface area contributed by atoms with Crippen LogP contribution in [0.15, 0.2) is 30.3 Å². The lowest BCUT2D eigenvalue weighted by Gasteiger charge is -2.36. The summed E-state index contributed by atoms with van der Waals surface area (Å²) >= 11 is 0. The van der Waals surface area contributed by atoms with Gasteiger partial charge in [-0.1, -0.05) is 25.1 Å². The van der Waals surface area contributed by atoms with Gasteiger partial charge in [0.25, 0.3) is 0 Å². The summed E-state index contributed by atoms with van der Waals surface area (Å²) in [5.74, 6) is 0.230. The van der Waals surface area contributed by atoms with E-state index in [2.05, 4.69) is 20.9 Å². The normalized spacial score (nSPS) is 31.9. The molecule has 0 amide bonds. The van der Waals surface area contributed by atoms with Crippen LogP contribution in [0.2, 0.25) is 0 Å². The molecule has 1 N–H and O–H groups in total. The minimum Gasteiger partial charge on any atom is -0.458 e. The van der Waals surface area contributed by atoms with Gasteiger partial charge < -0.3 is 9.64 Å². The fourth-order valence-corrected chi connectivity index (χ4v) is 2.57. The van der Waals surface area contributed by atoms with Crippen LogP contribution in [0.4, 0.5) is 0 Å². The highest BCUT2D eigenvalue weighted by molar-refractivity contribution is 5.89. The van der Waals surface area contributed by atoms with Crippen molar-refractivity contribution in [3.8, 4) is 0 Å². The third kappa shape index (κ3) is 2.91. The SMILES string of the molecule is C[C@@H]1C[NH+](C)[C@H](C)C[C@@H]1OC(=O)c1ccccc1. The molecule has 1 aliphatic rings. The molecule has 18 heavy (non-hydrogen) atoms. The fraction of sp³-hybridized carbons (Fsp3) is 0.533. The summed E-state index contributed by atoms with van der Waals surface area (Å²) < 4.78 is 5.66. The Balaban J connectivity index is 1.99. The van der Waals surface area contributed by atoms with Crippen LogP contribution in [0, 0.1) is 5.92 Å². The standard InChI is InChI=1S/C15H21NO2/c1-11-10-16(3)12(2)9-14(11)18-15(17)13-7-5-4-6-8-13/h4-8,11-12,14H,9-10H2,1-3H3/p+1/t11-,12-,14+/m1/s1. The van der Waals surface area contributed by atoms with Gasteiger partial charge in [-0.3, -0.25) is 0 Å². The Kier molecular flexibility index (Phi) is 4.02. The van der Waals surface area contributed by atoms with Gasteiger partial charge in [0.2, 0.25) is 0 Å². The first-order valence-corrected chi connectivity index (χ1v) is 6.66. The molecule has 2 rings (SSSR count). The highest BCUT2D eigenvalue weighted by Crippen LogP contribution is 2.17. The van der Waals surface area contributed by atoms with E-state index >= 15 is 0 Å². The first-order valence-electron chi connectivity index (χ1n) is 6.66. The molecule has 1 fully saturated rings. The molecule has 0 radical (unpaired) electrons. The zero-order valence-corrected chi connectivity index (χ0v) is 11.3.